The molecule has 0 aromatic heterocycles. The summed E-state index contributed by atoms with van der Waals surface area (Å²) in [6.07, 6.45) is 6.91. The summed E-state index contributed by atoms with van der Waals surface area (Å²) in [7, 11) is 0. The van der Waals surface area contributed by atoms with Crippen LogP contribution in [0.5, 0.6) is 0 Å². The normalized spacial score (nSPS) is 20.1. The van der Waals surface area contributed by atoms with Crippen molar-refractivity contribution in [1.29, 1.82) is 0 Å². The Labute approximate surface area is 205 Å². The number of halogens is 1. The van der Waals surface area contributed by atoms with Gasteiger partial charge in [-0.2, -0.15) is 0 Å². The number of benzene rings is 1. The fourth-order valence-corrected chi connectivity index (χ4v) is 4.41. The number of likely N-dealkylation sites (tertiary alicyclic amines) is 2. The Bertz CT molecular complexity index is 703. The van der Waals surface area contributed by atoms with E-state index in [1.165, 1.54) is 49.9 Å². The maximum atomic E-state index is 12.0. The molecule has 2 aliphatic heterocycles. The molecule has 6 nitrogen and oxygen atoms in total. The van der Waals surface area contributed by atoms with Crippen LogP contribution in [-0.2, 0) is 17.9 Å². The number of carbonyl (C=O) groups excluding carboxylic acids is 1. The molecular formula is C24H40IN5O. The van der Waals surface area contributed by atoms with Crippen LogP contribution in [0.4, 0.5) is 0 Å². The van der Waals surface area contributed by atoms with E-state index in [-0.39, 0.29) is 35.9 Å². The maximum Gasteiger partial charge on any atom is 0.222 e. The number of guanidine groups is 1. The summed E-state index contributed by atoms with van der Waals surface area (Å²) >= 11 is 0. The van der Waals surface area contributed by atoms with Crippen molar-refractivity contribution in [1.82, 2.24) is 20.4 Å². The van der Waals surface area contributed by atoms with E-state index in [4.69, 9.17) is 4.99 Å². The summed E-state index contributed by atoms with van der Waals surface area (Å²) in [5, 5.41) is 6.91. The highest BCUT2D eigenvalue weighted by atomic mass is 127. The molecule has 2 saturated heterocycles. The Balaban J connectivity index is 0.00000341. The zero-order valence-corrected chi connectivity index (χ0v) is 21.6. The molecule has 1 aromatic rings. The number of hydrogen-bond acceptors (Lipinski definition) is 3. The van der Waals surface area contributed by atoms with Crippen molar-refractivity contribution in [2.75, 3.05) is 32.7 Å². The van der Waals surface area contributed by atoms with E-state index in [1.54, 1.807) is 0 Å². The molecule has 2 aliphatic rings. The first-order valence-corrected chi connectivity index (χ1v) is 11.8. The van der Waals surface area contributed by atoms with Gasteiger partial charge in [0.1, 0.15) is 0 Å². The van der Waals surface area contributed by atoms with Crippen molar-refractivity contribution in [3.8, 4) is 0 Å². The summed E-state index contributed by atoms with van der Waals surface area (Å²) in [5.74, 6) is 1.08. The zero-order valence-electron chi connectivity index (χ0n) is 19.2. The summed E-state index contributed by atoms with van der Waals surface area (Å²) in [6.45, 7) is 10.5. The Hall–Kier alpha value is -1.35. The summed E-state index contributed by atoms with van der Waals surface area (Å²) in [5.41, 5.74) is 2.69. The number of rotatable bonds is 7. The highest BCUT2D eigenvalue weighted by Gasteiger charge is 2.25. The molecule has 0 aliphatic carbocycles. The topological polar surface area (TPSA) is 60.0 Å². The molecule has 1 atom stereocenters. The molecule has 1 unspecified atom stereocenters. The average Bonchev–Trinajstić information content (AvgIpc) is 3.08. The zero-order chi connectivity index (χ0) is 21.2. The molecule has 3 rings (SSSR count). The van der Waals surface area contributed by atoms with Gasteiger partial charge in [-0.3, -0.25) is 9.69 Å². The Kier molecular flexibility index (Phi) is 11.6. The third-order valence-corrected chi connectivity index (χ3v) is 6.15. The lowest BCUT2D eigenvalue weighted by atomic mass is 10.1. The molecule has 31 heavy (non-hydrogen) atoms. The van der Waals surface area contributed by atoms with Crippen molar-refractivity contribution < 1.29 is 4.79 Å². The fraction of sp³-hybridized carbons (Fsp3) is 0.667. The number of amides is 1. The second-order valence-electron chi connectivity index (χ2n) is 8.48. The monoisotopic (exact) mass is 541 g/mol. The van der Waals surface area contributed by atoms with Crippen LogP contribution in [0.15, 0.2) is 29.3 Å². The molecule has 2 fully saturated rings. The highest BCUT2D eigenvalue weighted by molar-refractivity contribution is 14.0. The van der Waals surface area contributed by atoms with Crippen molar-refractivity contribution in [3.05, 3.63) is 35.4 Å². The van der Waals surface area contributed by atoms with Crippen LogP contribution in [0, 0.1) is 0 Å². The van der Waals surface area contributed by atoms with Crippen LogP contribution in [0.1, 0.15) is 63.5 Å². The fourth-order valence-electron chi connectivity index (χ4n) is 4.41. The van der Waals surface area contributed by atoms with Crippen LogP contribution >= 0.6 is 24.0 Å². The molecular weight excluding hydrogens is 501 g/mol. The van der Waals surface area contributed by atoms with Crippen molar-refractivity contribution in [3.63, 3.8) is 0 Å². The first-order valence-electron chi connectivity index (χ1n) is 11.8. The van der Waals surface area contributed by atoms with Gasteiger partial charge in [-0.05, 0) is 50.4 Å². The summed E-state index contributed by atoms with van der Waals surface area (Å²) in [4.78, 5) is 21.4. The largest absolute Gasteiger partial charge is 0.357 e. The van der Waals surface area contributed by atoms with Gasteiger partial charge in [0.05, 0.1) is 6.54 Å². The SMILES string of the molecule is CCNC(=NCc1ccccc1CN1CCCCCC1)NC1CCN(C(=O)CC)C1.I. The standard InChI is InChI=1S/C24H39N5O.HI/c1-3-23(30)29-16-13-22(19-29)27-24(25-4-2)26-17-20-11-7-8-12-21(20)18-28-14-9-5-6-10-15-28;/h7-8,11-12,22H,3-6,9-10,13-19H2,1-2H3,(H2,25,26,27);1H. The van der Waals surface area contributed by atoms with Gasteiger partial charge in [-0.25, -0.2) is 4.99 Å². The van der Waals surface area contributed by atoms with Gasteiger partial charge in [0.2, 0.25) is 5.91 Å². The number of carbonyl (C=O) groups is 1. The molecule has 2 N–H and O–H groups in total. The van der Waals surface area contributed by atoms with E-state index in [0.717, 1.165) is 38.6 Å². The second-order valence-corrected chi connectivity index (χ2v) is 8.48. The van der Waals surface area contributed by atoms with E-state index in [9.17, 15) is 4.79 Å². The lowest BCUT2D eigenvalue weighted by Crippen LogP contribution is -2.45. The van der Waals surface area contributed by atoms with Gasteiger partial charge in [0.15, 0.2) is 5.96 Å². The van der Waals surface area contributed by atoms with E-state index in [0.29, 0.717) is 13.0 Å². The van der Waals surface area contributed by atoms with Gasteiger partial charge in [-0.1, -0.05) is 44.0 Å². The molecule has 0 saturated carbocycles. The molecule has 174 valence electrons. The van der Waals surface area contributed by atoms with E-state index in [2.05, 4.69) is 46.7 Å². The predicted octanol–water partition coefficient (Wildman–Crippen LogP) is 3.75. The summed E-state index contributed by atoms with van der Waals surface area (Å²) < 4.78 is 0. The Morgan fingerprint density at radius 2 is 1.77 bits per heavy atom. The first-order chi connectivity index (χ1) is 14.7. The minimum Gasteiger partial charge on any atom is -0.357 e. The average molecular weight is 542 g/mol. The summed E-state index contributed by atoms with van der Waals surface area (Å²) in [6, 6.07) is 8.98. The third kappa shape index (κ3) is 8.25. The third-order valence-electron chi connectivity index (χ3n) is 6.15. The second kappa shape index (κ2) is 13.9. The molecule has 2 heterocycles. The molecule has 0 bridgehead atoms. The van der Waals surface area contributed by atoms with Crippen LogP contribution in [0.25, 0.3) is 0 Å². The Morgan fingerprint density at radius 1 is 1.06 bits per heavy atom. The smallest absolute Gasteiger partial charge is 0.222 e. The molecule has 1 amide bonds. The van der Waals surface area contributed by atoms with Crippen LogP contribution < -0.4 is 10.6 Å². The molecule has 1 aromatic carbocycles. The van der Waals surface area contributed by atoms with Crippen LogP contribution in [0.3, 0.4) is 0 Å². The lowest BCUT2D eigenvalue weighted by molar-refractivity contribution is -0.129. The van der Waals surface area contributed by atoms with Gasteiger partial charge < -0.3 is 15.5 Å². The van der Waals surface area contributed by atoms with E-state index >= 15 is 0 Å². The number of hydrogen-bond donors (Lipinski definition) is 2. The highest BCUT2D eigenvalue weighted by Crippen LogP contribution is 2.17. The predicted molar refractivity (Wildman–Crippen MR) is 139 cm³/mol. The van der Waals surface area contributed by atoms with Gasteiger partial charge in [-0.15, -0.1) is 24.0 Å². The number of nitrogens with zero attached hydrogens (tertiary/aromatic N) is 3. The van der Waals surface area contributed by atoms with Gasteiger partial charge >= 0.3 is 0 Å². The maximum absolute atomic E-state index is 12.0. The quantitative estimate of drug-likeness (QED) is 0.314. The van der Waals surface area contributed by atoms with Crippen LogP contribution in [0.2, 0.25) is 0 Å². The van der Waals surface area contributed by atoms with Crippen molar-refractivity contribution in [2.45, 2.75) is 71.5 Å². The Morgan fingerprint density at radius 3 is 2.45 bits per heavy atom. The number of aliphatic imine (C=N–C) groups is 1. The van der Waals surface area contributed by atoms with Crippen LogP contribution in [-0.4, -0.2) is 60.4 Å². The lowest BCUT2D eigenvalue weighted by Gasteiger charge is -2.21. The van der Waals surface area contributed by atoms with E-state index in [1.807, 2.05) is 11.8 Å². The molecule has 0 radical (unpaired) electrons. The molecule has 7 heteroatoms. The van der Waals surface area contributed by atoms with Gasteiger partial charge in [0, 0.05) is 38.6 Å². The number of nitrogens with one attached hydrogen (secondary N) is 2. The van der Waals surface area contributed by atoms with Crippen molar-refractivity contribution in [2.24, 2.45) is 4.99 Å². The minimum absolute atomic E-state index is 0. The first kappa shape index (κ1) is 25.9. The van der Waals surface area contributed by atoms with Crippen molar-refractivity contribution >= 4 is 35.8 Å². The minimum atomic E-state index is 0. The van der Waals surface area contributed by atoms with E-state index < -0.39 is 0 Å². The van der Waals surface area contributed by atoms with Gasteiger partial charge in [0.25, 0.3) is 0 Å². The molecule has 0 spiro atoms.